The molecule has 0 atom stereocenters. The summed E-state index contributed by atoms with van der Waals surface area (Å²) in [5, 5.41) is 0. The number of cyclic esters (lactones) is 1. The molecule has 0 amide bonds. The highest BCUT2D eigenvalue weighted by Crippen LogP contribution is 2.37. The Morgan fingerprint density at radius 2 is 1.79 bits per heavy atom. The third-order valence-electron chi connectivity index (χ3n) is 5.05. The van der Waals surface area contributed by atoms with Crippen LogP contribution in [0.25, 0.3) is 6.08 Å². The largest absolute Gasteiger partial charge is 0.454 e. The summed E-state index contributed by atoms with van der Waals surface area (Å²) >= 11 is 6.87. The second-order valence-electron chi connectivity index (χ2n) is 7.47. The number of aliphatic imine (C=N–C) groups is 1. The van der Waals surface area contributed by atoms with E-state index in [4.69, 9.17) is 18.9 Å². The van der Waals surface area contributed by atoms with Crippen LogP contribution in [0.4, 0.5) is 0 Å². The molecule has 0 fully saturated rings. The quantitative estimate of drug-likeness (QED) is 0.218. The molecular weight excluding hydrogens is 570 g/mol. The minimum Gasteiger partial charge on any atom is -0.454 e. The minimum absolute atomic E-state index is 0.0842. The lowest BCUT2D eigenvalue weighted by Crippen LogP contribution is -2.10. The molecule has 5 rings (SSSR count). The Labute approximate surface area is 211 Å². The van der Waals surface area contributed by atoms with Gasteiger partial charge in [-0.25, -0.2) is 14.6 Å². The molecule has 0 radical (unpaired) electrons. The van der Waals surface area contributed by atoms with Gasteiger partial charge in [-0.3, -0.25) is 0 Å². The van der Waals surface area contributed by atoms with E-state index < -0.39 is 11.9 Å². The van der Waals surface area contributed by atoms with E-state index in [-0.39, 0.29) is 29.7 Å². The summed E-state index contributed by atoms with van der Waals surface area (Å²) in [5.74, 6) is 0.278. The molecule has 0 saturated heterocycles. The summed E-state index contributed by atoms with van der Waals surface area (Å²) in [5.41, 5.74) is 2.60. The fourth-order valence-electron chi connectivity index (χ4n) is 3.35. The van der Waals surface area contributed by atoms with Crippen LogP contribution in [0.1, 0.15) is 27.0 Å². The number of esters is 2. The fraction of sp³-hybridized carbons (Fsp3) is 0.0800. The van der Waals surface area contributed by atoms with Gasteiger partial charge in [0.25, 0.3) is 0 Å². The number of ether oxygens (including phenoxy) is 4. The Morgan fingerprint density at radius 3 is 2.59 bits per heavy atom. The molecule has 9 heteroatoms. The minimum atomic E-state index is -0.598. The Hall–Kier alpha value is -3.43. The van der Waals surface area contributed by atoms with Crippen molar-refractivity contribution in [3.8, 4) is 17.2 Å². The number of hydrogen-bond acceptors (Lipinski definition) is 7. The number of nitrogens with zero attached hydrogens (tertiary/aromatic N) is 1. The molecule has 0 bridgehead atoms. The molecule has 2 heterocycles. The Morgan fingerprint density at radius 1 is 1.03 bits per heavy atom. The number of rotatable bonds is 4. The zero-order valence-corrected chi connectivity index (χ0v) is 20.8. The van der Waals surface area contributed by atoms with E-state index in [2.05, 4.69) is 36.9 Å². The molecule has 0 aromatic heterocycles. The van der Waals surface area contributed by atoms with Gasteiger partial charge in [0, 0.05) is 15.6 Å². The molecule has 0 unspecified atom stereocenters. The first-order valence-corrected chi connectivity index (χ1v) is 11.7. The van der Waals surface area contributed by atoms with Crippen LogP contribution in [-0.2, 0) is 9.53 Å². The number of benzene rings is 3. The second-order valence-corrected chi connectivity index (χ2v) is 9.24. The van der Waals surface area contributed by atoms with Crippen LogP contribution in [0.5, 0.6) is 17.2 Å². The molecule has 0 spiro atoms. The van der Waals surface area contributed by atoms with Gasteiger partial charge in [0.2, 0.25) is 12.7 Å². The molecule has 2 aliphatic rings. The fourth-order valence-corrected chi connectivity index (χ4v) is 4.69. The maximum atomic E-state index is 12.9. The lowest BCUT2D eigenvalue weighted by Gasteiger charge is -2.11. The van der Waals surface area contributed by atoms with Crippen LogP contribution in [-0.4, -0.2) is 24.6 Å². The van der Waals surface area contributed by atoms with E-state index in [9.17, 15) is 9.59 Å². The van der Waals surface area contributed by atoms with Gasteiger partial charge in [-0.1, -0.05) is 33.6 Å². The monoisotopic (exact) mass is 583 g/mol. The van der Waals surface area contributed by atoms with Crippen molar-refractivity contribution in [3.05, 3.63) is 91.5 Å². The van der Waals surface area contributed by atoms with Gasteiger partial charge in [0.05, 0.1) is 10.0 Å². The zero-order chi connectivity index (χ0) is 23.8. The average molecular weight is 585 g/mol. The number of halogens is 2. The zero-order valence-electron chi connectivity index (χ0n) is 17.6. The summed E-state index contributed by atoms with van der Waals surface area (Å²) in [7, 11) is 0. The molecule has 170 valence electrons. The van der Waals surface area contributed by atoms with Crippen LogP contribution < -0.4 is 14.2 Å². The normalized spacial score (nSPS) is 15.3. The third kappa shape index (κ3) is 4.49. The van der Waals surface area contributed by atoms with Gasteiger partial charge in [-0.05, 0) is 71.4 Å². The van der Waals surface area contributed by atoms with E-state index >= 15 is 0 Å². The first-order chi connectivity index (χ1) is 16.4. The van der Waals surface area contributed by atoms with Crippen molar-refractivity contribution in [3.63, 3.8) is 0 Å². The number of carbonyl (C=O) groups is 2. The maximum absolute atomic E-state index is 12.9. The Bertz CT molecular complexity index is 1400. The van der Waals surface area contributed by atoms with Crippen LogP contribution in [0.3, 0.4) is 0 Å². The Balaban J connectivity index is 1.48. The van der Waals surface area contributed by atoms with E-state index in [1.54, 1.807) is 30.3 Å². The molecule has 7 nitrogen and oxygen atoms in total. The van der Waals surface area contributed by atoms with Crippen molar-refractivity contribution in [2.45, 2.75) is 6.92 Å². The molecule has 0 aliphatic carbocycles. The highest BCUT2D eigenvalue weighted by molar-refractivity contribution is 9.11. The molecule has 3 aromatic carbocycles. The number of fused-ring (bicyclic) bond motifs is 1. The molecule has 34 heavy (non-hydrogen) atoms. The van der Waals surface area contributed by atoms with E-state index in [1.165, 1.54) is 6.08 Å². The summed E-state index contributed by atoms with van der Waals surface area (Å²) in [6.07, 6.45) is 1.52. The van der Waals surface area contributed by atoms with Crippen LogP contribution in [0.15, 0.2) is 74.2 Å². The third-order valence-corrected chi connectivity index (χ3v) is 6.10. The molecule has 3 aromatic rings. The predicted molar refractivity (Wildman–Crippen MR) is 131 cm³/mol. The highest BCUT2D eigenvalue weighted by Gasteiger charge is 2.26. The predicted octanol–water partition coefficient (Wildman–Crippen LogP) is 5.81. The van der Waals surface area contributed by atoms with E-state index in [0.717, 1.165) is 5.56 Å². The van der Waals surface area contributed by atoms with Crippen molar-refractivity contribution < 1.29 is 28.5 Å². The van der Waals surface area contributed by atoms with Crippen LogP contribution in [0, 0.1) is 6.92 Å². The van der Waals surface area contributed by atoms with Gasteiger partial charge >= 0.3 is 11.9 Å². The van der Waals surface area contributed by atoms with Gasteiger partial charge < -0.3 is 18.9 Å². The summed E-state index contributed by atoms with van der Waals surface area (Å²) in [4.78, 5) is 29.7. The van der Waals surface area contributed by atoms with Gasteiger partial charge in [-0.2, -0.15) is 0 Å². The van der Waals surface area contributed by atoms with E-state index in [0.29, 0.717) is 31.6 Å². The molecule has 2 aliphatic heterocycles. The van der Waals surface area contributed by atoms with Crippen molar-refractivity contribution >= 4 is 55.8 Å². The van der Waals surface area contributed by atoms with Crippen molar-refractivity contribution in [1.29, 1.82) is 0 Å². The van der Waals surface area contributed by atoms with Gasteiger partial charge in [-0.15, -0.1) is 0 Å². The molecule has 0 N–H and O–H groups in total. The standard InChI is InChI=1S/C25H15Br2NO6/c1-13-2-4-14(5-3-13)23-28-19(25(30)34-23)9-16-8-17(26)11-18(27)22(16)33-24(29)15-6-7-20-21(10-15)32-12-31-20/h2-11H,12H2,1H3/b19-9-. The SMILES string of the molecule is Cc1ccc(C2=N/C(=C\c3cc(Br)cc(Br)c3OC(=O)c3ccc4c(c3)OCO4)C(=O)O2)cc1. The van der Waals surface area contributed by atoms with E-state index in [1.807, 2.05) is 31.2 Å². The lowest BCUT2D eigenvalue weighted by atomic mass is 10.1. The summed E-state index contributed by atoms with van der Waals surface area (Å²) in [6, 6.07) is 15.7. The smallest absolute Gasteiger partial charge is 0.363 e. The second kappa shape index (κ2) is 9.08. The summed E-state index contributed by atoms with van der Waals surface area (Å²) < 4.78 is 22.9. The molecular formula is C25H15Br2NO6. The maximum Gasteiger partial charge on any atom is 0.363 e. The number of carbonyl (C=O) groups excluding carboxylic acids is 2. The average Bonchev–Trinajstić information content (AvgIpc) is 3.42. The van der Waals surface area contributed by atoms with Crippen LogP contribution in [0.2, 0.25) is 0 Å². The Kier molecular flexibility index (Phi) is 5.97. The molecule has 0 saturated carbocycles. The van der Waals surface area contributed by atoms with Crippen molar-refractivity contribution in [1.82, 2.24) is 0 Å². The van der Waals surface area contributed by atoms with Gasteiger partial charge in [0.15, 0.2) is 22.9 Å². The highest BCUT2D eigenvalue weighted by atomic mass is 79.9. The van der Waals surface area contributed by atoms with Crippen molar-refractivity contribution in [2.24, 2.45) is 4.99 Å². The van der Waals surface area contributed by atoms with Crippen LogP contribution >= 0.6 is 31.9 Å². The van der Waals surface area contributed by atoms with Crippen molar-refractivity contribution in [2.75, 3.05) is 6.79 Å². The first kappa shape index (κ1) is 22.4. The lowest BCUT2D eigenvalue weighted by molar-refractivity contribution is -0.129. The van der Waals surface area contributed by atoms with Gasteiger partial charge in [0.1, 0.15) is 0 Å². The topological polar surface area (TPSA) is 83.4 Å². The number of hydrogen-bond donors (Lipinski definition) is 0. The summed E-state index contributed by atoms with van der Waals surface area (Å²) in [6.45, 7) is 2.07. The number of aryl methyl sites for hydroxylation is 1. The first-order valence-electron chi connectivity index (χ1n) is 10.1.